The molecule has 0 radical (unpaired) electrons. The lowest BCUT2D eigenvalue weighted by Gasteiger charge is -2.15. The van der Waals surface area contributed by atoms with Crippen LogP contribution >= 0.6 is 0 Å². The smallest absolute Gasteiger partial charge is 0.321 e. The lowest BCUT2D eigenvalue weighted by atomic mass is 10.1. The van der Waals surface area contributed by atoms with Gasteiger partial charge in [0.2, 0.25) is 0 Å². The zero-order valence-corrected chi connectivity index (χ0v) is 13.4. The van der Waals surface area contributed by atoms with Crippen LogP contribution in [0.2, 0.25) is 0 Å². The van der Waals surface area contributed by atoms with Gasteiger partial charge in [0.05, 0.1) is 6.61 Å². The molecule has 0 unspecified atom stereocenters. The monoisotopic (exact) mass is 313 g/mol. The summed E-state index contributed by atoms with van der Waals surface area (Å²) >= 11 is 0. The first kappa shape index (κ1) is 17.0. The van der Waals surface area contributed by atoms with E-state index in [-0.39, 0.29) is 0 Å². The summed E-state index contributed by atoms with van der Waals surface area (Å²) in [4.78, 5) is 11.4. The highest BCUT2D eigenvalue weighted by molar-refractivity contribution is 5.73. The van der Waals surface area contributed by atoms with Crippen molar-refractivity contribution < 1.29 is 14.6 Å². The molecule has 0 aromatic heterocycles. The fraction of sp³-hybridized carbons (Fsp3) is 0.316. The third kappa shape index (κ3) is 5.75. The van der Waals surface area contributed by atoms with Crippen LogP contribution in [0.4, 0.5) is 0 Å². The largest absolute Gasteiger partial charge is 0.494 e. The highest BCUT2D eigenvalue weighted by atomic mass is 16.5. The van der Waals surface area contributed by atoms with Crippen LogP contribution in [0, 0.1) is 0 Å². The van der Waals surface area contributed by atoms with Crippen LogP contribution < -0.4 is 10.1 Å². The molecule has 2 aromatic carbocycles. The highest BCUT2D eigenvalue weighted by Gasteiger charge is 2.17. The highest BCUT2D eigenvalue weighted by Crippen LogP contribution is 2.14. The number of carbonyl (C=O) groups is 1. The molecule has 0 aliphatic carbocycles. The lowest BCUT2D eigenvalue weighted by Crippen LogP contribution is -2.38. The van der Waals surface area contributed by atoms with Crippen LogP contribution in [-0.4, -0.2) is 23.7 Å². The van der Waals surface area contributed by atoms with Gasteiger partial charge in [0.1, 0.15) is 11.8 Å². The third-order valence-electron chi connectivity index (χ3n) is 3.50. The molecule has 0 aliphatic heterocycles. The normalized spacial score (nSPS) is 11.9. The molecule has 2 rings (SSSR count). The first-order valence-electron chi connectivity index (χ1n) is 7.91. The van der Waals surface area contributed by atoms with Crippen molar-refractivity contribution in [2.24, 2.45) is 0 Å². The van der Waals surface area contributed by atoms with Crippen LogP contribution in [0.3, 0.4) is 0 Å². The average Bonchev–Trinajstić information content (AvgIpc) is 2.58. The molecule has 122 valence electrons. The van der Waals surface area contributed by atoms with E-state index in [4.69, 9.17) is 4.74 Å². The van der Waals surface area contributed by atoms with Gasteiger partial charge in [-0.2, -0.15) is 0 Å². The van der Waals surface area contributed by atoms with Gasteiger partial charge >= 0.3 is 5.97 Å². The lowest BCUT2D eigenvalue weighted by molar-refractivity contribution is -0.139. The number of carboxylic acid groups (broad SMARTS) is 1. The van der Waals surface area contributed by atoms with Crippen molar-refractivity contribution >= 4 is 5.97 Å². The Labute approximate surface area is 137 Å². The first-order chi connectivity index (χ1) is 11.2. The minimum absolute atomic E-state index is 0.461. The standard InChI is InChI=1S/C19H23NO3/c1-2-11-23-17-10-6-9-16(12-17)14-20-18(19(21)22)13-15-7-4-3-5-8-15/h3-10,12,18,20H,2,11,13-14H2,1H3,(H,21,22)/t18-/m0/s1. The van der Waals surface area contributed by atoms with Gasteiger partial charge in [-0.15, -0.1) is 0 Å². The van der Waals surface area contributed by atoms with Gasteiger partial charge in [-0.1, -0.05) is 49.4 Å². The molecule has 0 fully saturated rings. The maximum atomic E-state index is 11.4. The van der Waals surface area contributed by atoms with Crippen molar-refractivity contribution in [2.75, 3.05) is 6.61 Å². The summed E-state index contributed by atoms with van der Waals surface area (Å²) in [5.74, 6) is -0.0201. The SMILES string of the molecule is CCCOc1cccc(CN[C@@H](Cc2ccccc2)C(=O)O)c1. The topological polar surface area (TPSA) is 58.6 Å². The molecule has 23 heavy (non-hydrogen) atoms. The number of hydrogen-bond donors (Lipinski definition) is 2. The summed E-state index contributed by atoms with van der Waals surface area (Å²) in [6.07, 6.45) is 1.42. The van der Waals surface area contributed by atoms with Crippen LogP contribution in [0.5, 0.6) is 5.75 Å². The van der Waals surface area contributed by atoms with Crippen molar-refractivity contribution in [3.63, 3.8) is 0 Å². The predicted octanol–water partition coefficient (Wildman–Crippen LogP) is 3.26. The molecule has 0 saturated carbocycles. The Morgan fingerprint density at radius 1 is 1.13 bits per heavy atom. The molecule has 0 saturated heterocycles. The van der Waals surface area contributed by atoms with E-state index in [1.165, 1.54) is 0 Å². The minimum atomic E-state index is -0.841. The molecular weight excluding hydrogens is 290 g/mol. The number of nitrogens with one attached hydrogen (secondary N) is 1. The van der Waals surface area contributed by atoms with Gasteiger partial charge in [0.15, 0.2) is 0 Å². The third-order valence-corrected chi connectivity index (χ3v) is 3.50. The molecule has 0 spiro atoms. The zero-order valence-electron chi connectivity index (χ0n) is 13.4. The van der Waals surface area contributed by atoms with Gasteiger partial charge in [0.25, 0.3) is 0 Å². The Kier molecular flexibility index (Phi) is 6.63. The van der Waals surface area contributed by atoms with E-state index in [1.807, 2.05) is 54.6 Å². The van der Waals surface area contributed by atoms with Crippen LogP contribution in [0.1, 0.15) is 24.5 Å². The molecule has 1 atom stereocenters. The molecule has 2 aromatic rings. The Hall–Kier alpha value is -2.33. The number of ether oxygens (including phenoxy) is 1. The van der Waals surface area contributed by atoms with E-state index in [1.54, 1.807) is 0 Å². The fourth-order valence-corrected chi connectivity index (χ4v) is 2.30. The van der Waals surface area contributed by atoms with E-state index in [9.17, 15) is 9.90 Å². The van der Waals surface area contributed by atoms with Crippen LogP contribution in [-0.2, 0) is 17.8 Å². The van der Waals surface area contributed by atoms with Gasteiger partial charge in [0, 0.05) is 6.54 Å². The summed E-state index contributed by atoms with van der Waals surface area (Å²) in [7, 11) is 0. The summed E-state index contributed by atoms with van der Waals surface area (Å²) in [5.41, 5.74) is 2.02. The Bertz CT molecular complexity index is 613. The predicted molar refractivity (Wildman–Crippen MR) is 90.6 cm³/mol. The van der Waals surface area contributed by atoms with E-state index in [2.05, 4.69) is 12.2 Å². The maximum Gasteiger partial charge on any atom is 0.321 e. The number of carboxylic acids is 1. The van der Waals surface area contributed by atoms with Gasteiger partial charge in [-0.05, 0) is 36.1 Å². The second kappa shape index (κ2) is 8.96. The van der Waals surface area contributed by atoms with E-state index < -0.39 is 12.0 Å². The van der Waals surface area contributed by atoms with E-state index in [0.717, 1.165) is 23.3 Å². The van der Waals surface area contributed by atoms with Crippen molar-refractivity contribution in [3.05, 3.63) is 65.7 Å². The number of benzene rings is 2. The minimum Gasteiger partial charge on any atom is -0.494 e. The van der Waals surface area contributed by atoms with Crippen molar-refractivity contribution in [1.82, 2.24) is 5.32 Å². The molecule has 0 bridgehead atoms. The summed E-state index contributed by atoms with van der Waals surface area (Å²) in [6.45, 7) is 3.24. The first-order valence-corrected chi connectivity index (χ1v) is 7.91. The molecule has 4 heteroatoms. The second-order valence-electron chi connectivity index (χ2n) is 5.46. The number of aliphatic carboxylic acids is 1. The van der Waals surface area contributed by atoms with Gasteiger partial charge in [-0.25, -0.2) is 0 Å². The fourth-order valence-electron chi connectivity index (χ4n) is 2.30. The summed E-state index contributed by atoms with van der Waals surface area (Å²) < 4.78 is 5.60. The molecule has 2 N–H and O–H groups in total. The summed E-state index contributed by atoms with van der Waals surface area (Å²) in [5, 5.41) is 12.5. The Morgan fingerprint density at radius 2 is 1.87 bits per heavy atom. The molecular formula is C19H23NO3. The average molecular weight is 313 g/mol. The Balaban J connectivity index is 1.95. The number of rotatable bonds is 9. The van der Waals surface area contributed by atoms with Crippen LogP contribution in [0.25, 0.3) is 0 Å². The van der Waals surface area contributed by atoms with Crippen molar-refractivity contribution in [3.8, 4) is 5.75 Å². The van der Waals surface area contributed by atoms with Gasteiger partial charge < -0.3 is 15.2 Å². The molecule has 4 nitrogen and oxygen atoms in total. The van der Waals surface area contributed by atoms with Gasteiger partial charge in [-0.3, -0.25) is 4.79 Å². The quantitative estimate of drug-likeness (QED) is 0.746. The summed E-state index contributed by atoms with van der Waals surface area (Å²) in [6, 6.07) is 16.8. The van der Waals surface area contributed by atoms with Crippen LogP contribution in [0.15, 0.2) is 54.6 Å². The van der Waals surface area contributed by atoms with Crippen molar-refractivity contribution in [2.45, 2.75) is 32.4 Å². The maximum absolute atomic E-state index is 11.4. The van der Waals surface area contributed by atoms with Crippen molar-refractivity contribution in [1.29, 1.82) is 0 Å². The molecule has 0 heterocycles. The zero-order chi connectivity index (χ0) is 16.5. The van der Waals surface area contributed by atoms with E-state index in [0.29, 0.717) is 19.6 Å². The van der Waals surface area contributed by atoms with E-state index >= 15 is 0 Å². The second-order valence-corrected chi connectivity index (χ2v) is 5.46. The molecule has 0 amide bonds. The number of hydrogen-bond acceptors (Lipinski definition) is 3. The molecule has 0 aliphatic rings. The Morgan fingerprint density at radius 3 is 2.57 bits per heavy atom.